The number of carboxylic acid groups (broad SMARTS) is 1. The number of nitrogens with zero attached hydrogens (tertiary/aromatic N) is 2. The van der Waals surface area contributed by atoms with Crippen molar-refractivity contribution in [1.82, 2.24) is 4.98 Å². The molecule has 30 heavy (non-hydrogen) atoms. The molecule has 1 aromatic carbocycles. The monoisotopic (exact) mass is 429 g/mol. The fourth-order valence-electron chi connectivity index (χ4n) is 4.66. The molecule has 1 saturated carbocycles. The average Bonchev–Trinajstić information content (AvgIpc) is 3.28. The number of nitrogens with one attached hydrogen (secondary N) is 1. The molecule has 7 heteroatoms. The van der Waals surface area contributed by atoms with Gasteiger partial charge in [-0.15, -0.1) is 0 Å². The summed E-state index contributed by atoms with van der Waals surface area (Å²) in [6, 6.07) is 7.50. The Morgan fingerprint density at radius 1 is 1.10 bits per heavy atom. The third kappa shape index (κ3) is 4.69. The summed E-state index contributed by atoms with van der Waals surface area (Å²) < 4.78 is 0. The Labute approximate surface area is 181 Å². The number of carbonyl (C=O) groups is 2. The topological polar surface area (TPSA) is 82.5 Å². The molecule has 2 N–H and O–H groups in total. The van der Waals surface area contributed by atoms with Crippen LogP contribution < -0.4 is 10.2 Å². The number of carboxylic acids is 1. The molecule has 1 aliphatic heterocycles. The van der Waals surface area contributed by atoms with E-state index in [4.69, 9.17) is 16.6 Å². The van der Waals surface area contributed by atoms with Crippen LogP contribution in [-0.2, 0) is 9.59 Å². The van der Waals surface area contributed by atoms with E-state index >= 15 is 0 Å². The summed E-state index contributed by atoms with van der Waals surface area (Å²) in [6.07, 6.45) is 7.73. The molecule has 0 bridgehead atoms. The van der Waals surface area contributed by atoms with Gasteiger partial charge in [0, 0.05) is 24.9 Å². The standard InChI is InChI=1S/C23H28ClN3O3/c24-18-7-8-19-17(22(18)26-21(28)10-5-15-3-1-2-4-15)6-9-20(25-19)27-13-11-16(12-14-27)23(29)30/h6-9,15-16H,1-5,10-14H2,(H,26,28)(H,29,30). The van der Waals surface area contributed by atoms with Crippen molar-refractivity contribution in [2.24, 2.45) is 11.8 Å². The van der Waals surface area contributed by atoms with Crippen LogP contribution in [0.3, 0.4) is 0 Å². The molecule has 6 nitrogen and oxygen atoms in total. The van der Waals surface area contributed by atoms with Crippen LogP contribution in [0.15, 0.2) is 24.3 Å². The number of halogens is 1. The number of hydrogen-bond acceptors (Lipinski definition) is 4. The number of fused-ring (bicyclic) bond motifs is 1. The van der Waals surface area contributed by atoms with Gasteiger partial charge >= 0.3 is 5.97 Å². The highest BCUT2D eigenvalue weighted by Gasteiger charge is 2.25. The number of aliphatic carboxylic acids is 1. The predicted octanol–water partition coefficient (Wildman–Crippen LogP) is 5.10. The molecular formula is C23H28ClN3O3. The number of rotatable bonds is 6. The van der Waals surface area contributed by atoms with E-state index in [2.05, 4.69) is 10.2 Å². The Kier molecular flexibility index (Phi) is 6.42. The Morgan fingerprint density at radius 3 is 2.53 bits per heavy atom. The summed E-state index contributed by atoms with van der Waals surface area (Å²) in [4.78, 5) is 30.6. The van der Waals surface area contributed by atoms with E-state index in [1.54, 1.807) is 6.07 Å². The van der Waals surface area contributed by atoms with Crippen molar-refractivity contribution in [3.63, 3.8) is 0 Å². The number of anilines is 2. The number of carbonyl (C=O) groups excluding carboxylic acids is 1. The van der Waals surface area contributed by atoms with Gasteiger partial charge < -0.3 is 15.3 Å². The van der Waals surface area contributed by atoms with Gasteiger partial charge in [0.05, 0.1) is 22.1 Å². The summed E-state index contributed by atoms with van der Waals surface area (Å²) in [5.41, 5.74) is 1.39. The highest BCUT2D eigenvalue weighted by atomic mass is 35.5. The summed E-state index contributed by atoms with van der Waals surface area (Å²) in [5.74, 6) is 0.507. The Hall–Kier alpha value is -2.34. The smallest absolute Gasteiger partial charge is 0.306 e. The van der Waals surface area contributed by atoms with Crippen LogP contribution in [0.4, 0.5) is 11.5 Å². The fourth-order valence-corrected chi connectivity index (χ4v) is 4.87. The number of pyridine rings is 1. The van der Waals surface area contributed by atoms with E-state index in [-0.39, 0.29) is 11.8 Å². The maximum absolute atomic E-state index is 12.5. The lowest BCUT2D eigenvalue weighted by Crippen LogP contribution is -2.36. The molecule has 2 heterocycles. The zero-order valence-corrected chi connectivity index (χ0v) is 17.8. The first-order chi connectivity index (χ1) is 14.5. The number of aromatic nitrogens is 1. The summed E-state index contributed by atoms with van der Waals surface area (Å²) >= 11 is 6.40. The first kappa shape index (κ1) is 20.9. The number of hydrogen-bond donors (Lipinski definition) is 2. The van der Waals surface area contributed by atoms with E-state index in [1.807, 2.05) is 18.2 Å². The summed E-state index contributed by atoms with van der Waals surface area (Å²) in [7, 11) is 0. The second-order valence-corrected chi connectivity index (χ2v) is 8.90. The van der Waals surface area contributed by atoms with Crippen LogP contribution in [0.2, 0.25) is 5.02 Å². The number of benzene rings is 1. The third-order valence-corrected chi connectivity index (χ3v) is 6.81. The average molecular weight is 430 g/mol. The van der Waals surface area contributed by atoms with Crippen molar-refractivity contribution in [2.45, 2.75) is 51.4 Å². The van der Waals surface area contributed by atoms with Crippen LogP contribution in [0, 0.1) is 11.8 Å². The maximum Gasteiger partial charge on any atom is 0.306 e. The highest BCUT2D eigenvalue weighted by Crippen LogP contribution is 2.33. The molecule has 0 unspecified atom stereocenters. The molecule has 1 saturated heterocycles. The van der Waals surface area contributed by atoms with Crippen molar-refractivity contribution < 1.29 is 14.7 Å². The van der Waals surface area contributed by atoms with E-state index in [0.717, 1.165) is 23.1 Å². The van der Waals surface area contributed by atoms with Crippen LogP contribution in [0.5, 0.6) is 0 Å². The van der Waals surface area contributed by atoms with Crippen molar-refractivity contribution >= 4 is 45.9 Å². The minimum atomic E-state index is -0.718. The van der Waals surface area contributed by atoms with Crippen molar-refractivity contribution in [3.8, 4) is 0 Å². The molecular weight excluding hydrogens is 402 g/mol. The van der Waals surface area contributed by atoms with Gasteiger partial charge in [0.15, 0.2) is 0 Å². The van der Waals surface area contributed by atoms with Crippen molar-refractivity contribution in [1.29, 1.82) is 0 Å². The SMILES string of the molecule is O=C(CCC1CCCC1)Nc1c(Cl)ccc2nc(N3CCC(C(=O)O)CC3)ccc12. The van der Waals surface area contributed by atoms with Crippen LogP contribution in [0.1, 0.15) is 51.4 Å². The predicted molar refractivity (Wildman–Crippen MR) is 119 cm³/mol. The largest absolute Gasteiger partial charge is 0.481 e. The summed E-state index contributed by atoms with van der Waals surface area (Å²) in [6.45, 7) is 1.35. The molecule has 2 aromatic rings. The van der Waals surface area contributed by atoms with Crippen LogP contribution >= 0.6 is 11.6 Å². The van der Waals surface area contributed by atoms with Gasteiger partial charge in [0.2, 0.25) is 5.91 Å². The Morgan fingerprint density at radius 2 is 1.83 bits per heavy atom. The Bertz CT molecular complexity index is 935. The molecule has 0 radical (unpaired) electrons. The molecule has 4 rings (SSSR count). The van der Waals surface area contributed by atoms with Gasteiger partial charge in [-0.3, -0.25) is 9.59 Å². The molecule has 1 amide bonds. The highest BCUT2D eigenvalue weighted by molar-refractivity contribution is 6.35. The lowest BCUT2D eigenvalue weighted by Gasteiger charge is -2.31. The van der Waals surface area contributed by atoms with E-state index in [9.17, 15) is 14.7 Å². The van der Waals surface area contributed by atoms with Gasteiger partial charge in [-0.25, -0.2) is 4.98 Å². The van der Waals surface area contributed by atoms with Crippen molar-refractivity contribution in [3.05, 3.63) is 29.3 Å². The molecule has 160 valence electrons. The third-order valence-electron chi connectivity index (χ3n) is 6.49. The lowest BCUT2D eigenvalue weighted by atomic mass is 9.97. The summed E-state index contributed by atoms with van der Waals surface area (Å²) in [5, 5.41) is 13.5. The molecule has 1 aromatic heterocycles. The molecule has 0 spiro atoms. The van der Waals surface area contributed by atoms with Gasteiger partial charge in [-0.2, -0.15) is 0 Å². The maximum atomic E-state index is 12.5. The number of amides is 1. The van der Waals surface area contributed by atoms with E-state index < -0.39 is 5.97 Å². The second-order valence-electron chi connectivity index (χ2n) is 8.50. The first-order valence-corrected chi connectivity index (χ1v) is 11.3. The normalized spacial score (nSPS) is 18.1. The molecule has 2 fully saturated rings. The Balaban J connectivity index is 1.47. The molecule has 0 atom stereocenters. The number of piperidine rings is 1. The second kappa shape index (κ2) is 9.21. The zero-order chi connectivity index (χ0) is 21.1. The van der Waals surface area contributed by atoms with Gasteiger partial charge in [-0.1, -0.05) is 37.3 Å². The van der Waals surface area contributed by atoms with E-state index in [1.165, 1.54) is 25.7 Å². The molecule has 1 aliphatic carbocycles. The van der Waals surface area contributed by atoms with E-state index in [0.29, 0.717) is 49.0 Å². The molecule has 2 aliphatic rings. The van der Waals surface area contributed by atoms with Crippen LogP contribution in [-0.4, -0.2) is 35.1 Å². The van der Waals surface area contributed by atoms with Gasteiger partial charge in [0.1, 0.15) is 5.82 Å². The van der Waals surface area contributed by atoms with Crippen LogP contribution in [0.25, 0.3) is 10.9 Å². The first-order valence-electron chi connectivity index (χ1n) is 10.9. The van der Waals surface area contributed by atoms with Gasteiger partial charge in [0.25, 0.3) is 0 Å². The fraction of sp³-hybridized carbons (Fsp3) is 0.522. The van der Waals surface area contributed by atoms with Gasteiger partial charge in [-0.05, 0) is 49.4 Å². The quantitative estimate of drug-likeness (QED) is 0.667. The zero-order valence-electron chi connectivity index (χ0n) is 17.1. The van der Waals surface area contributed by atoms with Crippen molar-refractivity contribution in [2.75, 3.05) is 23.3 Å². The minimum Gasteiger partial charge on any atom is -0.481 e. The lowest BCUT2D eigenvalue weighted by molar-refractivity contribution is -0.142. The minimum absolute atomic E-state index is 0.00359.